The van der Waals surface area contributed by atoms with Gasteiger partial charge in [0.15, 0.2) is 19.7 Å². The maximum Gasteiger partial charge on any atom is 0.177 e. The van der Waals surface area contributed by atoms with E-state index in [0.29, 0.717) is 5.69 Å². The number of imidazole rings is 1. The molecule has 19 heavy (non-hydrogen) atoms. The summed E-state index contributed by atoms with van der Waals surface area (Å²) in [4.78, 5) is 3.76. The van der Waals surface area contributed by atoms with Crippen molar-refractivity contribution in [2.75, 3.05) is 12.5 Å². The second-order valence-electron chi connectivity index (χ2n) is 4.14. The summed E-state index contributed by atoms with van der Waals surface area (Å²) >= 11 is 0. The standard InChI is InChI=1S/C11H12N2O4S2/c1-18(14,15)9-3-4-10(13-6-5-12-8-13)11(7-9)19(2,16)17/h3-8H,1-2H3. The molecular weight excluding hydrogens is 288 g/mol. The van der Waals surface area contributed by atoms with Crippen LogP contribution >= 0.6 is 0 Å². The summed E-state index contributed by atoms with van der Waals surface area (Å²) in [5.74, 6) is 0. The zero-order chi connectivity index (χ0) is 14.3. The van der Waals surface area contributed by atoms with E-state index < -0.39 is 19.7 Å². The maximum atomic E-state index is 11.8. The first-order valence-electron chi connectivity index (χ1n) is 5.22. The fourth-order valence-electron chi connectivity index (χ4n) is 1.64. The molecule has 102 valence electrons. The van der Waals surface area contributed by atoms with Crippen molar-refractivity contribution in [3.63, 3.8) is 0 Å². The Hall–Kier alpha value is -1.67. The number of hydrogen-bond donors (Lipinski definition) is 0. The molecule has 0 aliphatic rings. The SMILES string of the molecule is CS(=O)(=O)c1ccc(-n2ccnc2)c(S(C)(=O)=O)c1. The smallest absolute Gasteiger partial charge is 0.177 e. The zero-order valence-electron chi connectivity index (χ0n) is 10.3. The number of nitrogens with zero attached hydrogens (tertiary/aromatic N) is 2. The Morgan fingerprint density at radius 2 is 1.74 bits per heavy atom. The number of aromatic nitrogens is 2. The lowest BCUT2D eigenvalue weighted by Crippen LogP contribution is -2.07. The van der Waals surface area contributed by atoms with Crippen LogP contribution in [0.3, 0.4) is 0 Å². The van der Waals surface area contributed by atoms with Gasteiger partial charge in [0.1, 0.15) is 0 Å². The summed E-state index contributed by atoms with van der Waals surface area (Å²) < 4.78 is 48.1. The van der Waals surface area contributed by atoms with Crippen LogP contribution in [0.4, 0.5) is 0 Å². The van der Waals surface area contributed by atoms with Crippen LogP contribution in [-0.4, -0.2) is 38.9 Å². The van der Waals surface area contributed by atoms with Crippen molar-refractivity contribution in [2.24, 2.45) is 0 Å². The second kappa shape index (κ2) is 4.46. The third-order valence-electron chi connectivity index (χ3n) is 2.54. The molecule has 0 saturated carbocycles. The molecule has 0 bridgehead atoms. The van der Waals surface area contributed by atoms with Gasteiger partial charge in [-0.1, -0.05) is 0 Å². The highest BCUT2D eigenvalue weighted by Gasteiger charge is 2.18. The first-order valence-corrected chi connectivity index (χ1v) is 9.00. The molecule has 8 heteroatoms. The topological polar surface area (TPSA) is 86.1 Å². The molecule has 0 unspecified atom stereocenters. The highest BCUT2D eigenvalue weighted by Crippen LogP contribution is 2.23. The van der Waals surface area contributed by atoms with Crippen LogP contribution in [0.5, 0.6) is 0 Å². The van der Waals surface area contributed by atoms with Gasteiger partial charge in [-0.2, -0.15) is 0 Å². The van der Waals surface area contributed by atoms with Crippen molar-refractivity contribution in [3.05, 3.63) is 36.9 Å². The summed E-state index contributed by atoms with van der Waals surface area (Å²) in [6, 6.07) is 3.99. The summed E-state index contributed by atoms with van der Waals surface area (Å²) in [6.07, 6.45) is 6.62. The van der Waals surface area contributed by atoms with E-state index in [1.54, 1.807) is 6.20 Å². The van der Waals surface area contributed by atoms with Crippen molar-refractivity contribution in [1.82, 2.24) is 9.55 Å². The third kappa shape index (κ3) is 2.85. The van der Waals surface area contributed by atoms with Crippen LogP contribution in [0.25, 0.3) is 5.69 Å². The van der Waals surface area contributed by atoms with Crippen LogP contribution in [0, 0.1) is 0 Å². The van der Waals surface area contributed by atoms with Gasteiger partial charge in [0.2, 0.25) is 0 Å². The molecule has 0 N–H and O–H groups in total. The Kier molecular flexibility index (Phi) is 3.23. The summed E-state index contributed by atoms with van der Waals surface area (Å²) in [5, 5.41) is 0. The highest BCUT2D eigenvalue weighted by atomic mass is 32.2. The molecule has 0 spiro atoms. The quantitative estimate of drug-likeness (QED) is 0.832. The molecule has 2 aromatic rings. The molecule has 0 atom stereocenters. The molecule has 0 aliphatic carbocycles. The summed E-state index contributed by atoms with van der Waals surface area (Å²) in [7, 11) is -7.02. The average Bonchev–Trinajstić information content (AvgIpc) is 2.79. The van der Waals surface area contributed by atoms with E-state index in [2.05, 4.69) is 4.98 Å². The predicted molar refractivity (Wildman–Crippen MR) is 69.8 cm³/mol. The maximum absolute atomic E-state index is 11.8. The predicted octanol–water partition coefficient (Wildman–Crippen LogP) is 0.679. The molecule has 2 rings (SSSR count). The molecular formula is C11H12N2O4S2. The molecule has 0 aliphatic heterocycles. The van der Waals surface area contributed by atoms with Gasteiger partial charge < -0.3 is 4.57 Å². The molecule has 6 nitrogen and oxygen atoms in total. The van der Waals surface area contributed by atoms with Crippen LogP contribution in [0.1, 0.15) is 0 Å². The Balaban J connectivity index is 2.78. The number of rotatable bonds is 3. The first-order chi connectivity index (χ1) is 8.69. The van der Waals surface area contributed by atoms with Crippen LogP contribution in [0.2, 0.25) is 0 Å². The fraction of sp³-hybridized carbons (Fsp3) is 0.182. The van der Waals surface area contributed by atoms with Crippen molar-refractivity contribution >= 4 is 19.7 Å². The lowest BCUT2D eigenvalue weighted by molar-refractivity contribution is 0.599. The van der Waals surface area contributed by atoms with Crippen molar-refractivity contribution in [3.8, 4) is 5.69 Å². The van der Waals surface area contributed by atoms with E-state index in [4.69, 9.17) is 0 Å². The first kappa shape index (κ1) is 13.8. The summed E-state index contributed by atoms with van der Waals surface area (Å²) in [6.45, 7) is 0. The van der Waals surface area contributed by atoms with E-state index in [-0.39, 0.29) is 9.79 Å². The molecule has 0 saturated heterocycles. The minimum atomic E-state index is -3.56. The molecule has 1 heterocycles. The minimum Gasteiger partial charge on any atom is -0.305 e. The summed E-state index contributed by atoms with van der Waals surface area (Å²) in [5.41, 5.74) is 0.368. The minimum absolute atomic E-state index is 0.0307. The van der Waals surface area contributed by atoms with E-state index in [9.17, 15) is 16.8 Å². The van der Waals surface area contributed by atoms with E-state index in [1.807, 2.05) is 0 Å². The number of sulfone groups is 2. The van der Waals surface area contributed by atoms with Gasteiger partial charge in [-0.3, -0.25) is 0 Å². The van der Waals surface area contributed by atoms with Gasteiger partial charge >= 0.3 is 0 Å². The lowest BCUT2D eigenvalue weighted by Gasteiger charge is -2.10. The molecule has 1 aromatic heterocycles. The molecule has 0 fully saturated rings. The Labute approximate surface area is 111 Å². The highest BCUT2D eigenvalue weighted by molar-refractivity contribution is 7.91. The third-order valence-corrected chi connectivity index (χ3v) is 4.78. The van der Waals surface area contributed by atoms with Crippen LogP contribution in [-0.2, 0) is 19.7 Å². The van der Waals surface area contributed by atoms with Crippen molar-refractivity contribution < 1.29 is 16.8 Å². The zero-order valence-corrected chi connectivity index (χ0v) is 11.9. The van der Waals surface area contributed by atoms with Crippen LogP contribution in [0.15, 0.2) is 46.7 Å². The normalized spacial score (nSPS) is 12.5. The Morgan fingerprint density at radius 1 is 1.05 bits per heavy atom. The van der Waals surface area contributed by atoms with Gasteiger partial charge in [-0.15, -0.1) is 0 Å². The molecule has 0 amide bonds. The van der Waals surface area contributed by atoms with Gasteiger partial charge in [0.25, 0.3) is 0 Å². The van der Waals surface area contributed by atoms with E-state index in [0.717, 1.165) is 12.5 Å². The number of benzene rings is 1. The molecule has 0 radical (unpaired) electrons. The van der Waals surface area contributed by atoms with Crippen molar-refractivity contribution in [2.45, 2.75) is 9.79 Å². The van der Waals surface area contributed by atoms with Gasteiger partial charge in [0, 0.05) is 24.9 Å². The monoisotopic (exact) mass is 300 g/mol. The van der Waals surface area contributed by atoms with Crippen LogP contribution < -0.4 is 0 Å². The molecule has 1 aromatic carbocycles. The van der Waals surface area contributed by atoms with E-state index >= 15 is 0 Å². The van der Waals surface area contributed by atoms with Crippen molar-refractivity contribution in [1.29, 1.82) is 0 Å². The van der Waals surface area contributed by atoms with Gasteiger partial charge in [0.05, 0.1) is 21.8 Å². The second-order valence-corrected chi connectivity index (χ2v) is 8.14. The Morgan fingerprint density at radius 3 is 2.21 bits per heavy atom. The lowest BCUT2D eigenvalue weighted by atomic mass is 10.3. The Bertz CT molecular complexity index is 806. The average molecular weight is 300 g/mol. The van der Waals surface area contributed by atoms with Gasteiger partial charge in [-0.05, 0) is 18.2 Å². The van der Waals surface area contributed by atoms with Gasteiger partial charge in [-0.25, -0.2) is 21.8 Å². The fourth-order valence-corrected chi connectivity index (χ4v) is 3.25. The largest absolute Gasteiger partial charge is 0.305 e. The number of hydrogen-bond acceptors (Lipinski definition) is 5. The van der Waals surface area contributed by atoms with E-state index in [1.165, 1.54) is 35.3 Å².